The Kier molecular flexibility index (Phi) is 7.26. The molecule has 1 aromatic heterocycles. The number of hydrogen-bond donors (Lipinski definition) is 2. The van der Waals surface area contributed by atoms with Crippen LogP contribution >= 0.6 is 11.8 Å². The number of carbonyl (C=O) groups excluding carboxylic acids is 1. The molecule has 7 nitrogen and oxygen atoms in total. The van der Waals surface area contributed by atoms with Crippen LogP contribution in [0.25, 0.3) is 0 Å². The van der Waals surface area contributed by atoms with Crippen LogP contribution in [0, 0.1) is 12.8 Å². The predicted octanol–water partition coefficient (Wildman–Crippen LogP) is 5.81. The van der Waals surface area contributed by atoms with Crippen LogP contribution in [0.2, 0.25) is 0 Å². The van der Waals surface area contributed by atoms with Crippen molar-refractivity contribution >= 4 is 29.3 Å². The van der Waals surface area contributed by atoms with Crippen molar-refractivity contribution in [2.45, 2.75) is 51.1 Å². The van der Waals surface area contributed by atoms with E-state index in [0.29, 0.717) is 34.0 Å². The van der Waals surface area contributed by atoms with Gasteiger partial charge in [-0.15, -0.1) is 5.10 Å². The Hall–Kier alpha value is -3.26. The molecule has 0 fully saturated rings. The van der Waals surface area contributed by atoms with Gasteiger partial charge < -0.3 is 15.4 Å². The monoisotopic (exact) mass is 477 g/mol. The van der Waals surface area contributed by atoms with E-state index in [9.17, 15) is 4.79 Å². The molecule has 2 aromatic carbocycles. The minimum absolute atomic E-state index is 0.171. The first kappa shape index (κ1) is 23.9. The molecule has 0 bridgehead atoms. The lowest BCUT2D eigenvalue weighted by Crippen LogP contribution is -2.31. The highest BCUT2D eigenvalue weighted by atomic mass is 32.2. The molecule has 2 N–H and O–H groups in total. The molecule has 4 rings (SSSR count). The highest BCUT2D eigenvalue weighted by molar-refractivity contribution is 7.98. The van der Waals surface area contributed by atoms with Gasteiger partial charge in [0.05, 0.1) is 24.4 Å². The van der Waals surface area contributed by atoms with Crippen molar-refractivity contribution in [3.05, 3.63) is 70.9 Å². The molecule has 0 spiro atoms. The SMILES string of the molecule is COc1ccccc1NC(=O)C1=C(C)Nc2nc(SCc3ccccc3C)nn2[C@@H]1CC(C)C. The number of amides is 1. The van der Waals surface area contributed by atoms with Gasteiger partial charge in [0, 0.05) is 11.4 Å². The van der Waals surface area contributed by atoms with Gasteiger partial charge in [-0.1, -0.05) is 62.0 Å². The fourth-order valence-corrected chi connectivity index (χ4v) is 5.02. The standard InChI is InChI=1S/C26H31N5O2S/c1-16(2)14-21-23(24(32)28-20-12-8-9-13-22(20)33-5)18(4)27-25-29-26(30-31(21)25)34-15-19-11-7-6-10-17(19)3/h6-13,16,21H,14-15H2,1-5H3,(H,28,32)(H,27,29,30)/t21-/m1/s1. The van der Waals surface area contributed by atoms with Crippen molar-refractivity contribution in [3.8, 4) is 5.75 Å². The summed E-state index contributed by atoms with van der Waals surface area (Å²) in [6, 6.07) is 15.5. The Morgan fingerprint density at radius 2 is 1.91 bits per heavy atom. The smallest absolute Gasteiger partial charge is 0.255 e. The van der Waals surface area contributed by atoms with Gasteiger partial charge in [0.15, 0.2) is 0 Å². The van der Waals surface area contributed by atoms with Crippen LogP contribution in [0.15, 0.2) is 65.0 Å². The molecule has 2 heterocycles. The second-order valence-electron chi connectivity index (χ2n) is 8.84. The summed E-state index contributed by atoms with van der Waals surface area (Å²) in [6.07, 6.45) is 0.770. The maximum atomic E-state index is 13.5. The number of para-hydroxylation sites is 2. The summed E-state index contributed by atoms with van der Waals surface area (Å²) in [4.78, 5) is 18.2. The molecule has 1 amide bonds. The number of benzene rings is 2. The van der Waals surface area contributed by atoms with Crippen LogP contribution in [0.4, 0.5) is 11.6 Å². The third-order valence-electron chi connectivity index (χ3n) is 5.86. The lowest BCUT2D eigenvalue weighted by molar-refractivity contribution is -0.113. The Morgan fingerprint density at radius 3 is 2.65 bits per heavy atom. The molecule has 0 saturated heterocycles. The predicted molar refractivity (Wildman–Crippen MR) is 137 cm³/mol. The molecule has 1 aliphatic rings. The number of thioether (sulfide) groups is 1. The number of aromatic nitrogens is 3. The quantitative estimate of drug-likeness (QED) is 0.398. The summed E-state index contributed by atoms with van der Waals surface area (Å²) in [7, 11) is 1.59. The second kappa shape index (κ2) is 10.3. The number of ether oxygens (including phenoxy) is 1. The number of allylic oxidation sites excluding steroid dienone is 1. The molecule has 0 radical (unpaired) electrons. The van der Waals surface area contributed by atoms with Gasteiger partial charge in [0.1, 0.15) is 5.75 Å². The topological polar surface area (TPSA) is 81.1 Å². The third-order valence-corrected chi connectivity index (χ3v) is 6.74. The lowest BCUT2D eigenvalue weighted by atomic mass is 9.94. The van der Waals surface area contributed by atoms with Crippen molar-refractivity contribution in [1.29, 1.82) is 0 Å². The van der Waals surface area contributed by atoms with Crippen molar-refractivity contribution in [3.63, 3.8) is 0 Å². The fourth-order valence-electron chi connectivity index (χ4n) is 4.11. The van der Waals surface area contributed by atoms with Crippen LogP contribution < -0.4 is 15.4 Å². The molecule has 3 aromatic rings. The van der Waals surface area contributed by atoms with Crippen LogP contribution in [0.3, 0.4) is 0 Å². The van der Waals surface area contributed by atoms with E-state index in [1.54, 1.807) is 18.9 Å². The Morgan fingerprint density at radius 1 is 1.18 bits per heavy atom. The van der Waals surface area contributed by atoms with E-state index in [-0.39, 0.29) is 11.9 Å². The number of nitrogens with zero attached hydrogens (tertiary/aromatic N) is 3. The number of anilines is 2. The van der Waals surface area contributed by atoms with Gasteiger partial charge in [-0.05, 0) is 49.4 Å². The minimum atomic E-state index is -0.216. The maximum Gasteiger partial charge on any atom is 0.255 e. The number of hydrogen-bond acceptors (Lipinski definition) is 6. The average molecular weight is 478 g/mol. The number of nitrogens with one attached hydrogen (secondary N) is 2. The molecular weight excluding hydrogens is 446 g/mol. The minimum Gasteiger partial charge on any atom is -0.495 e. The summed E-state index contributed by atoms with van der Waals surface area (Å²) < 4.78 is 7.27. The van der Waals surface area contributed by atoms with Crippen molar-refractivity contribution in [1.82, 2.24) is 14.8 Å². The molecule has 8 heteroatoms. The second-order valence-corrected chi connectivity index (χ2v) is 9.78. The molecule has 0 saturated carbocycles. The van der Waals surface area contributed by atoms with Crippen LogP contribution in [-0.4, -0.2) is 27.8 Å². The fraction of sp³-hybridized carbons (Fsp3) is 0.346. The number of aryl methyl sites for hydroxylation is 1. The molecular formula is C26H31N5O2S. The molecule has 34 heavy (non-hydrogen) atoms. The van der Waals surface area contributed by atoms with E-state index in [1.165, 1.54) is 11.1 Å². The number of rotatable bonds is 8. The summed E-state index contributed by atoms with van der Waals surface area (Å²) >= 11 is 1.60. The molecule has 0 aliphatic carbocycles. The molecule has 1 aliphatic heterocycles. The van der Waals surface area contributed by atoms with Crippen LogP contribution in [0.1, 0.15) is 44.4 Å². The molecule has 0 unspecified atom stereocenters. The van der Waals surface area contributed by atoms with Crippen LogP contribution in [-0.2, 0) is 10.5 Å². The van der Waals surface area contributed by atoms with Gasteiger partial charge in [0.2, 0.25) is 11.1 Å². The largest absolute Gasteiger partial charge is 0.495 e. The first-order valence-corrected chi connectivity index (χ1v) is 12.4. The molecule has 178 valence electrons. The van der Waals surface area contributed by atoms with Gasteiger partial charge in [-0.2, -0.15) is 4.98 Å². The summed E-state index contributed by atoms with van der Waals surface area (Å²) in [5.74, 6) is 2.28. The number of methoxy groups -OCH3 is 1. The molecule has 1 atom stereocenters. The zero-order valence-electron chi connectivity index (χ0n) is 20.3. The van der Waals surface area contributed by atoms with E-state index in [4.69, 9.17) is 14.8 Å². The average Bonchev–Trinajstić information content (AvgIpc) is 3.21. The third kappa shape index (κ3) is 5.12. The lowest BCUT2D eigenvalue weighted by Gasteiger charge is -2.29. The highest BCUT2D eigenvalue weighted by Gasteiger charge is 2.33. The van der Waals surface area contributed by atoms with Gasteiger partial charge in [-0.25, -0.2) is 4.68 Å². The Bertz CT molecular complexity index is 1220. The van der Waals surface area contributed by atoms with E-state index in [1.807, 2.05) is 41.9 Å². The first-order chi connectivity index (χ1) is 16.4. The van der Waals surface area contributed by atoms with E-state index in [0.717, 1.165) is 17.9 Å². The maximum absolute atomic E-state index is 13.5. The summed E-state index contributed by atoms with van der Waals surface area (Å²) in [6.45, 7) is 8.33. The number of fused-ring (bicyclic) bond motifs is 1. The van der Waals surface area contributed by atoms with Crippen molar-refractivity contribution in [2.75, 3.05) is 17.7 Å². The van der Waals surface area contributed by atoms with E-state index < -0.39 is 0 Å². The van der Waals surface area contributed by atoms with E-state index in [2.05, 4.69) is 49.6 Å². The van der Waals surface area contributed by atoms with Gasteiger partial charge in [0.25, 0.3) is 5.91 Å². The summed E-state index contributed by atoms with van der Waals surface area (Å²) in [5, 5.41) is 11.8. The van der Waals surface area contributed by atoms with Gasteiger partial charge in [-0.3, -0.25) is 4.79 Å². The van der Waals surface area contributed by atoms with E-state index >= 15 is 0 Å². The zero-order valence-corrected chi connectivity index (χ0v) is 21.1. The highest BCUT2D eigenvalue weighted by Crippen LogP contribution is 2.37. The summed E-state index contributed by atoms with van der Waals surface area (Å²) in [5.41, 5.74) is 4.60. The Labute approximate surface area is 205 Å². The zero-order chi connectivity index (χ0) is 24.2. The van der Waals surface area contributed by atoms with Crippen molar-refractivity contribution < 1.29 is 9.53 Å². The van der Waals surface area contributed by atoms with Crippen molar-refractivity contribution in [2.24, 2.45) is 5.92 Å². The first-order valence-electron chi connectivity index (χ1n) is 11.4. The van der Waals surface area contributed by atoms with Crippen LogP contribution in [0.5, 0.6) is 5.75 Å². The van der Waals surface area contributed by atoms with Gasteiger partial charge >= 0.3 is 0 Å². The number of carbonyl (C=O) groups is 1. The normalized spacial score (nSPS) is 15.2. The Balaban J connectivity index is 1.60.